The Bertz CT molecular complexity index is 320. The zero-order valence-electron chi connectivity index (χ0n) is 10.1. The Morgan fingerprint density at radius 2 is 1.81 bits per heavy atom. The molecule has 0 aromatic heterocycles. The highest BCUT2D eigenvalue weighted by Crippen LogP contribution is 2.46. The zero-order chi connectivity index (χ0) is 12.7. The van der Waals surface area contributed by atoms with Crippen molar-refractivity contribution < 1.29 is 19.8 Å². The molecule has 1 saturated heterocycles. The molecule has 0 aliphatic carbocycles. The summed E-state index contributed by atoms with van der Waals surface area (Å²) in [7, 11) is 0. The van der Waals surface area contributed by atoms with E-state index in [9.17, 15) is 19.8 Å². The summed E-state index contributed by atoms with van der Waals surface area (Å²) in [5.41, 5.74) is -1.93. The predicted octanol–water partition coefficient (Wildman–Crippen LogP) is 2.02. The summed E-state index contributed by atoms with van der Waals surface area (Å²) in [5.74, 6) is -1.05. The second-order valence-corrected chi connectivity index (χ2v) is 5.46. The molecule has 0 saturated carbocycles. The smallest absolute Gasteiger partial charge is 0.408 e. The van der Waals surface area contributed by atoms with E-state index in [1.54, 1.807) is 27.7 Å². The van der Waals surface area contributed by atoms with Crippen LogP contribution < -0.4 is 0 Å². The van der Waals surface area contributed by atoms with E-state index >= 15 is 0 Å². The van der Waals surface area contributed by atoms with Crippen LogP contribution in [0.5, 0.6) is 0 Å². The molecule has 0 radical (unpaired) electrons. The summed E-state index contributed by atoms with van der Waals surface area (Å²) in [6.07, 6.45) is -0.183. The standard InChI is InChI=1S/C11H19NO4/c1-7-5-6-11(8(13)14,10(2,3)4)12(7)9(15)16/h7H,5-6H2,1-4H3,(H,13,14)(H,15,16)/t7-,11+/m1/s1. The third-order valence-electron chi connectivity index (χ3n) is 3.58. The maximum absolute atomic E-state index is 11.5. The first-order valence-electron chi connectivity index (χ1n) is 5.40. The van der Waals surface area contributed by atoms with E-state index in [0.717, 1.165) is 4.90 Å². The molecule has 16 heavy (non-hydrogen) atoms. The van der Waals surface area contributed by atoms with Crippen molar-refractivity contribution in [1.82, 2.24) is 4.90 Å². The van der Waals surface area contributed by atoms with Gasteiger partial charge in [0.1, 0.15) is 5.54 Å². The van der Waals surface area contributed by atoms with Crippen LogP contribution in [0.2, 0.25) is 0 Å². The highest BCUT2D eigenvalue weighted by atomic mass is 16.4. The van der Waals surface area contributed by atoms with Crippen molar-refractivity contribution in [3.8, 4) is 0 Å². The topological polar surface area (TPSA) is 77.8 Å². The van der Waals surface area contributed by atoms with Crippen LogP contribution in [0.4, 0.5) is 4.79 Å². The summed E-state index contributed by atoms with van der Waals surface area (Å²) in [4.78, 5) is 23.9. The molecule has 92 valence electrons. The molecule has 1 heterocycles. The van der Waals surface area contributed by atoms with Crippen molar-refractivity contribution in [1.29, 1.82) is 0 Å². The van der Waals surface area contributed by atoms with Gasteiger partial charge in [0.15, 0.2) is 0 Å². The Morgan fingerprint density at radius 1 is 1.31 bits per heavy atom. The maximum Gasteiger partial charge on any atom is 0.408 e. The van der Waals surface area contributed by atoms with E-state index in [1.807, 2.05) is 0 Å². The molecule has 1 aliphatic rings. The van der Waals surface area contributed by atoms with Gasteiger partial charge in [0.25, 0.3) is 0 Å². The molecule has 5 heteroatoms. The van der Waals surface area contributed by atoms with Crippen molar-refractivity contribution in [2.45, 2.75) is 52.1 Å². The van der Waals surface area contributed by atoms with E-state index in [2.05, 4.69) is 0 Å². The van der Waals surface area contributed by atoms with Crippen molar-refractivity contribution in [3.63, 3.8) is 0 Å². The van der Waals surface area contributed by atoms with Crippen molar-refractivity contribution in [3.05, 3.63) is 0 Å². The van der Waals surface area contributed by atoms with E-state index in [1.165, 1.54) is 0 Å². The SMILES string of the molecule is C[C@@H]1CC[C@](C(=O)O)(C(C)(C)C)N1C(=O)O. The second-order valence-electron chi connectivity index (χ2n) is 5.46. The zero-order valence-corrected chi connectivity index (χ0v) is 10.1. The second kappa shape index (κ2) is 3.64. The summed E-state index contributed by atoms with van der Waals surface area (Å²) in [5, 5.41) is 18.6. The van der Waals surface area contributed by atoms with Gasteiger partial charge in [-0.05, 0) is 25.2 Å². The first kappa shape index (κ1) is 12.8. The van der Waals surface area contributed by atoms with E-state index < -0.39 is 23.0 Å². The number of hydrogen-bond donors (Lipinski definition) is 2. The molecule has 2 N–H and O–H groups in total. The first-order valence-corrected chi connectivity index (χ1v) is 5.40. The fraction of sp³-hybridized carbons (Fsp3) is 0.818. The lowest BCUT2D eigenvalue weighted by Crippen LogP contribution is -2.61. The molecule has 2 atom stereocenters. The first-order chi connectivity index (χ1) is 7.14. The molecule has 1 aliphatic heterocycles. The molecule has 1 fully saturated rings. The Labute approximate surface area is 95.1 Å². The number of rotatable bonds is 1. The van der Waals surface area contributed by atoms with Gasteiger partial charge in [-0.15, -0.1) is 0 Å². The molecular formula is C11H19NO4. The minimum absolute atomic E-state index is 0.243. The Kier molecular flexibility index (Phi) is 2.92. The van der Waals surface area contributed by atoms with Crippen LogP contribution in [0.25, 0.3) is 0 Å². The molecule has 5 nitrogen and oxygen atoms in total. The third-order valence-corrected chi connectivity index (χ3v) is 3.58. The van der Waals surface area contributed by atoms with Gasteiger partial charge in [-0.2, -0.15) is 0 Å². The van der Waals surface area contributed by atoms with Gasteiger partial charge in [0, 0.05) is 6.04 Å². The lowest BCUT2D eigenvalue weighted by atomic mass is 9.72. The molecular weight excluding hydrogens is 210 g/mol. The average molecular weight is 229 g/mol. The highest BCUT2D eigenvalue weighted by molar-refractivity contribution is 5.86. The quantitative estimate of drug-likeness (QED) is 0.721. The van der Waals surface area contributed by atoms with Gasteiger partial charge >= 0.3 is 12.1 Å². The number of carboxylic acid groups (broad SMARTS) is 2. The Balaban J connectivity index is 3.31. The largest absolute Gasteiger partial charge is 0.479 e. The third kappa shape index (κ3) is 1.54. The van der Waals surface area contributed by atoms with Crippen LogP contribution in [-0.4, -0.2) is 38.8 Å². The van der Waals surface area contributed by atoms with Gasteiger partial charge < -0.3 is 10.2 Å². The van der Waals surface area contributed by atoms with Gasteiger partial charge in [0.05, 0.1) is 0 Å². The molecule has 1 rings (SSSR count). The minimum Gasteiger partial charge on any atom is -0.479 e. The van der Waals surface area contributed by atoms with Gasteiger partial charge in [-0.25, -0.2) is 9.59 Å². The van der Waals surface area contributed by atoms with E-state index in [0.29, 0.717) is 12.8 Å². The van der Waals surface area contributed by atoms with Crippen LogP contribution in [0, 0.1) is 5.41 Å². The number of hydrogen-bond acceptors (Lipinski definition) is 2. The lowest BCUT2D eigenvalue weighted by Gasteiger charge is -2.44. The van der Waals surface area contributed by atoms with Crippen LogP contribution >= 0.6 is 0 Å². The van der Waals surface area contributed by atoms with Gasteiger partial charge in [-0.3, -0.25) is 4.90 Å². The molecule has 1 amide bonds. The number of carbonyl (C=O) groups is 2. The van der Waals surface area contributed by atoms with E-state index in [4.69, 9.17) is 0 Å². The fourth-order valence-corrected chi connectivity index (χ4v) is 2.66. The monoisotopic (exact) mass is 229 g/mol. The predicted molar refractivity (Wildman–Crippen MR) is 58.4 cm³/mol. The van der Waals surface area contributed by atoms with E-state index in [-0.39, 0.29) is 6.04 Å². The molecule has 0 aromatic carbocycles. The maximum atomic E-state index is 11.5. The van der Waals surface area contributed by atoms with Crippen molar-refractivity contribution >= 4 is 12.1 Å². The van der Waals surface area contributed by atoms with Crippen LogP contribution in [0.15, 0.2) is 0 Å². The van der Waals surface area contributed by atoms with Crippen LogP contribution in [-0.2, 0) is 4.79 Å². The number of nitrogens with zero attached hydrogens (tertiary/aromatic N) is 1. The lowest BCUT2D eigenvalue weighted by molar-refractivity contribution is -0.156. The molecule has 0 spiro atoms. The molecule has 0 bridgehead atoms. The molecule has 0 aromatic rings. The van der Waals surface area contributed by atoms with Gasteiger partial charge in [-0.1, -0.05) is 20.8 Å². The van der Waals surface area contributed by atoms with Crippen molar-refractivity contribution in [2.24, 2.45) is 5.41 Å². The number of amides is 1. The average Bonchev–Trinajstić information content (AvgIpc) is 2.42. The molecule has 0 unspecified atom stereocenters. The van der Waals surface area contributed by atoms with Crippen molar-refractivity contribution in [2.75, 3.05) is 0 Å². The van der Waals surface area contributed by atoms with Crippen LogP contribution in [0.1, 0.15) is 40.5 Å². The summed E-state index contributed by atoms with van der Waals surface area (Å²) >= 11 is 0. The summed E-state index contributed by atoms with van der Waals surface area (Å²) < 4.78 is 0. The minimum atomic E-state index is -1.31. The summed E-state index contributed by atoms with van der Waals surface area (Å²) in [6.45, 7) is 7.07. The normalized spacial score (nSPS) is 30.5. The Morgan fingerprint density at radius 3 is 2.06 bits per heavy atom. The number of likely N-dealkylation sites (tertiary alicyclic amines) is 1. The fourth-order valence-electron chi connectivity index (χ4n) is 2.66. The number of aliphatic carboxylic acids is 1. The Hall–Kier alpha value is -1.26. The van der Waals surface area contributed by atoms with Crippen LogP contribution in [0.3, 0.4) is 0 Å². The summed E-state index contributed by atoms with van der Waals surface area (Å²) in [6, 6.07) is -0.243. The number of carboxylic acids is 1. The highest BCUT2D eigenvalue weighted by Gasteiger charge is 2.59. The van der Waals surface area contributed by atoms with Gasteiger partial charge in [0.2, 0.25) is 0 Å².